The summed E-state index contributed by atoms with van der Waals surface area (Å²) in [6.45, 7) is 0. The maximum Gasteiger partial charge on any atom is 0.233 e. The van der Waals surface area contributed by atoms with E-state index in [0.717, 1.165) is 0 Å². The molecular weight excluding hydrogens is 390 g/mol. The van der Waals surface area contributed by atoms with Gasteiger partial charge in [0.25, 0.3) is 0 Å². The molecule has 0 aliphatic heterocycles. The summed E-state index contributed by atoms with van der Waals surface area (Å²) in [7, 11) is 0. The molecule has 1 aromatic heterocycles. The normalized spacial score (nSPS) is 10.4. The lowest BCUT2D eigenvalue weighted by Crippen LogP contribution is -1.93. The third-order valence-corrected chi connectivity index (χ3v) is 3.49. The van der Waals surface area contributed by atoms with E-state index in [1.54, 1.807) is 6.07 Å². The van der Waals surface area contributed by atoms with Crippen LogP contribution in [0.15, 0.2) is 33.3 Å². The second-order valence-corrected chi connectivity index (χ2v) is 5.47. The second kappa shape index (κ2) is 5.42. The highest BCUT2D eigenvalue weighted by Crippen LogP contribution is 2.35. The van der Waals surface area contributed by atoms with Crippen molar-refractivity contribution in [2.45, 2.75) is 0 Å². The molecule has 0 saturated heterocycles. The molecule has 0 atom stereocenters. The monoisotopic (exact) mass is 394 g/mol. The number of anilines is 1. The van der Waals surface area contributed by atoms with Gasteiger partial charge in [-0.25, -0.2) is 9.37 Å². The summed E-state index contributed by atoms with van der Waals surface area (Å²) in [4.78, 5) is 4.00. The number of benzene rings is 1. The van der Waals surface area contributed by atoms with Crippen LogP contribution in [0.1, 0.15) is 0 Å². The molecule has 2 N–H and O–H groups in total. The number of pyridine rings is 1. The van der Waals surface area contributed by atoms with Crippen LogP contribution in [0.5, 0.6) is 11.6 Å². The Balaban J connectivity index is 2.37. The van der Waals surface area contributed by atoms with E-state index in [1.165, 1.54) is 18.3 Å². The fourth-order valence-electron chi connectivity index (χ4n) is 1.20. The van der Waals surface area contributed by atoms with E-state index in [1.807, 2.05) is 0 Å². The van der Waals surface area contributed by atoms with Crippen molar-refractivity contribution < 1.29 is 9.13 Å². The van der Waals surface area contributed by atoms with Crippen LogP contribution in [0.25, 0.3) is 0 Å². The SMILES string of the molecule is Nc1cnc(Oc2cc(F)c(Cl)cc2Br)c(Br)c1. The Kier molecular flexibility index (Phi) is 4.09. The van der Waals surface area contributed by atoms with Crippen LogP contribution >= 0.6 is 43.5 Å². The van der Waals surface area contributed by atoms with Gasteiger partial charge in [0.2, 0.25) is 5.88 Å². The summed E-state index contributed by atoms with van der Waals surface area (Å²) >= 11 is 12.1. The summed E-state index contributed by atoms with van der Waals surface area (Å²) in [6, 6.07) is 4.23. The number of rotatable bonds is 2. The first-order valence-corrected chi connectivity index (χ1v) is 6.67. The molecule has 2 aromatic rings. The van der Waals surface area contributed by atoms with Gasteiger partial charge < -0.3 is 10.5 Å². The van der Waals surface area contributed by atoms with E-state index in [9.17, 15) is 4.39 Å². The number of nitrogens with two attached hydrogens (primary N) is 1. The van der Waals surface area contributed by atoms with Crippen LogP contribution in [0.4, 0.5) is 10.1 Å². The molecule has 18 heavy (non-hydrogen) atoms. The Hall–Kier alpha value is -0.850. The highest BCUT2D eigenvalue weighted by molar-refractivity contribution is 9.11. The first kappa shape index (κ1) is 13.6. The van der Waals surface area contributed by atoms with Gasteiger partial charge in [-0.05, 0) is 44.0 Å². The lowest BCUT2D eigenvalue weighted by Gasteiger charge is -2.09. The quantitative estimate of drug-likeness (QED) is 0.744. The van der Waals surface area contributed by atoms with Crippen molar-refractivity contribution >= 4 is 49.1 Å². The van der Waals surface area contributed by atoms with E-state index in [4.69, 9.17) is 22.1 Å². The van der Waals surface area contributed by atoms with E-state index < -0.39 is 5.82 Å². The number of aromatic nitrogens is 1. The molecule has 0 aliphatic rings. The maximum atomic E-state index is 13.3. The number of hydrogen-bond acceptors (Lipinski definition) is 3. The van der Waals surface area contributed by atoms with Gasteiger partial charge in [-0.1, -0.05) is 11.6 Å². The molecule has 0 bridgehead atoms. The molecule has 0 amide bonds. The summed E-state index contributed by atoms with van der Waals surface area (Å²) in [5, 5.41) is 0.0126. The topological polar surface area (TPSA) is 48.1 Å². The average molecular weight is 396 g/mol. The van der Waals surface area contributed by atoms with E-state index in [2.05, 4.69) is 36.8 Å². The molecular formula is C11H6Br2ClFN2O. The Bertz CT molecular complexity index is 610. The molecule has 1 aromatic carbocycles. The fraction of sp³-hybridized carbons (Fsp3) is 0. The minimum Gasteiger partial charge on any atom is -0.437 e. The van der Waals surface area contributed by atoms with Crippen LogP contribution in [0.2, 0.25) is 5.02 Å². The van der Waals surface area contributed by atoms with Gasteiger partial charge in [-0.2, -0.15) is 0 Å². The fourth-order valence-corrected chi connectivity index (χ4v) is 2.37. The molecule has 1 heterocycles. The van der Waals surface area contributed by atoms with Gasteiger partial charge in [0.15, 0.2) is 0 Å². The number of nitrogen functional groups attached to an aromatic ring is 1. The van der Waals surface area contributed by atoms with Crippen molar-refractivity contribution in [1.29, 1.82) is 0 Å². The van der Waals surface area contributed by atoms with Gasteiger partial charge in [0.1, 0.15) is 11.6 Å². The molecule has 3 nitrogen and oxygen atoms in total. The van der Waals surface area contributed by atoms with Gasteiger partial charge >= 0.3 is 0 Å². The summed E-state index contributed by atoms with van der Waals surface area (Å²) in [6.07, 6.45) is 1.44. The van der Waals surface area contributed by atoms with Crippen molar-refractivity contribution in [2.75, 3.05) is 5.73 Å². The standard InChI is InChI=1S/C11H6Br2ClFN2O/c12-6-2-8(14)9(15)3-10(6)18-11-7(13)1-5(16)4-17-11/h1-4H,16H2. The Morgan fingerprint density at radius 1 is 1.22 bits per heavy atom. The van der Waals surface area contributed by atoms with Crippen molar-refractivity contribution in [3.63, 3.8) is 0 Å². The third kappa shape index (κ3) is 2.93. The van der Waals surface area contributed by atoms with Crippen LogP contribution in [0.3, 0.4) is 0 Å². The zero-order chi connectivity index (χ0) is 13.3. The maximum absolute atomic E-state index is 13.3. The molecule has 0 unspecified atom stereocenters. The van der Waals surface area contributed by atoms with Crippen LogP contribution in [0, 0.1) is 5.82 Å². The van der Waals surface area contributed by atoms with Crippen LogP contribution in [-0.4, -0.2) is 4.98 Å². The largest absolute Gasteiger partial charge is 0.437 e. The smallest absolute Gasteiger partial charge is 0.233 e. The molecule has 94 valence electrons. The molecule has 0 radical (unpaired) electrons. The van der Waals surface area contributed by atoms with E-state index in [0.29, 0.717) is 14.6 Å². The molecule has 2 rings (SSSR count). The predicted molar refractivity (Wildman–Crippen MR) is 75.5 cm³/mol. The van der Waals surface area contributed by atoms with E-state index in [-0.39, 0.29) is 16.7 Å². The van der Waals surface area contributed by atoms with Gasteiger partial charge in [0, 0.05) is 6.07 Å². The second-order valence-electron chi connectivity index (χ2n) is 3.35. The van der Waals surface area contributed by atoms with Crippen molar-refractivity contribution in [3.8, 4) is 11.6 Å². The van der Waals surface area contributed by atoms with Crippen molar-refractivity contribution in [2.24, 2.45) is 0 Å². The predicted octanol–water partition coefficient (Wildman–Crippen LogP) is 4.77. The average Bonchev–Trinajstić information content (AvgIpc) is 2.29. The Labute approximate surface area is 124 Å². The number of halogens is 4. The van der Waals surface area contributed by atoms with Crippen molar-refractivity contribution in [3.05, 3.63) is 44.2 Å². The number of ether oxygens (including phenoxy) is 1. The molecule has 0 saturated carbocycles. The Morgan fingerprint density at radius 3 is 2.61 bits per heavy atom. The van der Waals surface area contributed by atoms with Gasteiger partial charge in [0.05, 0.1) is 25.9 Å². The zero-order valence-electron chi connectivity index (χ0n) is 8.75. The van der Waals surface area contributed by atoms with Crippen LogP contribution in [-0.2, 0) is 0 Å². The minimum absolute atomic E-state index is 0.0126. The minimum atomic E-state index is -0.568. The van der Waals surface area contributed by atoms with E-state index >= 15 is 0 Å². The zero-order valence-corrected chi connectivity index (χ0v) is 12.7. The number of hydrogen-bond donors (Lipinski definition) is 1. The third-order valence-electron chi connectivity index (χ3n) is 2.01. The first-order chi connectivity index (χ1) is 8.47. The lowest BCUT2D eigenvalue weighted by molar-refractivity contribution is 0.452. The lowest BCUT2D eigenvalue weighted by atomic mass is 10.3. The molecule has 0 spiro atoms. The van der Waals surface area contributed by atoms with Crippen molar-refractivity contribution in [1.82, 2.24) is 4.98 Å². The summed E-state index contributed by atoms with van der Waals surface area (Å²) in [5.41, 5.74) is 6.06. The molecule has 0 aliphatic carbocycles. The molecule has 7 heteroatoms. The van der Waals surface area contributed by atoms with Gasteiger partial charge in [-0.3, -0.25) is 0 Å². The highest BCUT2D eigenvalue weighted by Gasteiger charge is 2.11. The summed E-state index contributed by atoms with van der Waals surface area (Å²) < 4.78 is 19.9. The summed E-state index contributed by atoms with van der Waals surface area (Å²) in [5.74, 6) is -0.0112. The number of nitrogens with zero attached hydrogens (tertiary/aromatic N) is 1. The Morgan fingerprint density at radius 2 is 1.94 bits per heavy atom. The molecule has 0 fully saturated rings. The highest BCUT2D eigenvalue weighted by atomic mass is 79.9. The van der Waals surface area contributed by atoms with Crippen LogP contribution < -0.4 is 10.5 Å². The van der Waals surface area contributed by atoms with Gasteiger partial charge in [-0.15, -0.1) is 0 Å². The first-order valence-electron chi connectivity index (χ1n) is 4.71.